The van der Waals surface area contributed by atoms with Gasteiger partial charge in [0.05, 0.1) is 0 Å². The Bertz CT molecular complexity index is 536. The van der Waals surface area contributed by atoms with Crippen molar-refractivity contribution < 1.29 is 4.79 Å². The van der Waals surface area contributed by atoms with Crippen LogP contribution in [0.4, 0.5) is 0 Å². The largest absolute Gasteiger partial charge is 0.298 e. The molecule has 5 rings (SSSR count). The van der Waals surface area contributed by atoms with E-state index in [0.717, 1.165) is 29.6 Å². The van der Waals surface area contributed by atoms with E-state index in [1.807, 2.05) is 6.07 Å². The molecule has 0 N–H and O–H groups in total. The average molecular weight is 296 g/mol. The molecule has 4 aliphatic carbocycles. The van der Waals surface area contributed by atoms with E-state index in [2.05, 4.69) is 19.1 Å². The summed E-state index contributed by atoms with van der Waals surface area (Å²) in [5.74, 6) is 2.89. The molecule has 0 heterocycles. The van der Waals surface area contributed by atoms with Crippen LogP contribution in [0.1, 0.15) is 79.8 Å². The van der Waals surface area contributed by atoms with Gasteiger partial charge in [0.1, 0.15) is 6.29 Å². The van der Waals surface area contributed by atoms with Crippen molar-refractivity contribution in [1.82, 2.24) is 0 Å². The maximum absolute atomic E-state index is 11.3. The normalized spacial score (nSPS) is 35.8. The second-order valence-electron chi connectivity index (χ2n) is 8.34. The lowest BCUT2D eigenvalue weighted by Gasteiger charge is -2.57. The Morgan fingerprint density at radius 3 is 2.27 bits per heavy atom. The van der Waals surface area contributed by atoms with Crippen LogP contribution >= 0.6 is 0 Å². The zero-order valence-corrected chi connectivity index (χ0v) is 13.8. The van der Waals surface area contributed by atoms with E-state index in [-0.39, 0.29) is 0 Å². The van der Waals surface area contributed by atoms with Gasteiger partial charge in [0.25, 0.3) is 0 Å². The summed E-state index contributed by atoms with van der Waals surface area (Å²) in [6.07, 6.45) is 13.3. The van der Waals surface area contributed by atoms with Gasteiger partial charge in [-0.2, -0.15) is 0 Å². The Labute approximate surface area is 134 Å². The van der Waals surface area contributed by atoms with Gasteiger partial charge in [-0.25, -0.2) is 0 Å². The van der Waals surface area contributed by atoms with Crippen LogP contribution in [0.3, 0.4) is 0 Å². The third-order valence-corrected chi connectivity index (χ3v) is 6.68. The van der Waals surface area contributed by atoms with Crippen LogP contribution in [-0.4, -0.2) is 6.29 Å². The summed E-state index contributed by atoms with van der Waals surface area (Å²) in [6.45, 7) is 2.27. The highest BCUT2D eigenvalue weighted by Gasteiger charge is 2.52. The molecule has 0 atom stereocenters. The predicted molar refractivity (Wildman–Crippen MR) is 90.3 cm³/mol. The van der Waals surface area contributed by atoms with Gasteiger partial charge in [-0.1, -0.05) is 25.5 Å². The van der Waals surface area contributed by atoms with Gasteiger partial charge in [0.15, 0.2) is 0 Å². The van der Waals surface area contributed by atoms with Crippen LogP contribution in [0, 0.1) is 17.8 Å². The van der Waals surface area contributed by atoms with E-state index < -0.39 is 0 Å². The summed E-state index contributed by atoms with van der Waals surface area (Å²) >= 11 is 0. The molecule has 22 heavy (non-hydrogen) atoms. The summed E-state index contributed by atoms with van der Waals surface area (Å²) < 4.78 is 0. The molecule has 0 aromatic heterocycles. The Balaban J connectivity index is 1.75. The van der Waals surface area contributed by atoms with Crippen molar-refractivity contribution in [2.75, 3.05) is 0 Å². The van der Waals surface area contributed by atoms with Gasteiger partial charge < -0.3 is 0 Å². The molecule has 118 valence electrons. The highest BCUT2D eigenvalue weighted by Crippen LogP contribution is 2.61. The van der Waals surface area contributed by atoms with E-state index in [1.165, 1.54) is 63.4 Å². The Morgan fingerprint density at radius 2 is 1.73 bits per heavy atom. The predicted octanol–water partition coefficient (Wildman–Crippen LogP) is 5.31. The van der Waals surface area contributed by atoms with E-state index in [0.29, 0.717) is 5.41 Å². The quantitative estimate of drug-likeness (QED) is 0.673. The molecule has 1 nitrogen and oxygen atoms in total. The fourth-order valence-electron chi connectivity index (χ4n) is 6.19. The zero-order valence-electron chi connectivity index (χ0n) is 13.8. The number of aryl methyl sites for hydroxylation is 1. The Morgan fingerprint density at radius 1 is 1.09 bits per heavy atom. The molecule has 4 fully saturated rings. The SMILES string of the molecule is CCCCc1ccc(C=O)cc1C12CC3CC(CC(C3)C1)C2. The standard InChI is InChI=1S/C21H28O/c1-2-3-4-19-6-5-15(14-22)10-20(19)21-11-16-7-17(12-21)9-18(8-16)13-21/h5-6,10,14,16-18H,2-4,7-9,11-13H2,1H3. The van der Waals surface area contributed by atoms with Crippen LogP contribution in [0.5, 0.6) is 0 Å². The minimum absolute atomic E-state index is 0.414. The van der Waals surface area contributed by atoms with Crippen LogP contribution in [-0.2, 0) is 11.8 Å². The molecule has 4 aliphatic rings. The number of unbranched alkanes of at least 4 members (excludes halogenated alkanes) is 1. The Hall–Kier alpha value is -1.11. The first-order chi connectivity index (χ1) is 10.7. The average Bonchev–Trinajstić information content (AvgIpc) is 2.51. The lowest BCUT2D eigenvalue weighted by Crippen LogP contribution is -2.49. The molecule has 0 radical (unpaired) electrons. The zero-order chi connectivity index (χ0) is 15.2. The highest BCUT2D eigenvalue weighted by molar-refractivity contribution is 5.75. The lowest BCUT2D eigenvalue weighted by atomic mass is 9.47. The Kier molecular flexibility index (Phi) is 3.63. The van der Waals surface area contributed by atoms with E-state index >= 15 is 0 Å². The maximum atomic E-state index is 11.3. The van der Waals surface area contributed by atoms with Crippen molar-refractivity contribution in [1.29, 1.82) is 0 Å². The van der Waals surface area contributed by atoms with Gasteiger partial charge in [0.2, 0.25) is 0 Å². The fourth-order valence-corrected chi connectivity index (χ4v) is 6.19. The second kappa shape index (κ2) is 5.51. The number of benzene rings is 1. The topological polar surface area (TPSA) is 17.1 Å². The smallest absolute Gasteiger partial charge is 0.150 e. The van der Waals surface area contributed by atoms with Gasteiger partial charge in [-0.05, 0) is 91.7 Å². The first-order valence-corrected chi connectivity index (χ1v) is 9.31. The summed E-state index contributed by atoms with van der Waals surface area (Å²) in [7, 11) is 0. The molecule has 0 aliphatic heterocycles. The molecule has 0 amide bonds. The minimum atomic E-state index is 0.414. The monoisotopic (exact) mass is 296 g/mol. The van der Waals surface area contributed by atoms with Gasteiger partial charge in [0, 0.05) is 5.56 Å². The number of rotatable bonds is 5. The van der Waals surface area contributed by atoms with Crippen molar-refractivity contribution in [2.45, 2.75) is 70.1 Å². The number of aldehydes is 1. The fraction of sp³-hybridized carbons (Fsp3) is 0.667. The molecular formula is C21H28O. The lowest BCUT2D eigenvalue weighted by molar-refractivity contribution is -0.00560. The molecule has 4 saturated carbocycles. The van der Waals surface area contributed by atoms with Crippen molar-refractivity contribution in [3.05, 3.63) is 34.9 Å². The summed E-state index contributed by atoms with van der Waals surface area (Å²) in [4.78, 5) is 11.3. The van der Waals surface area contributed by atoms with Gasteiger partial charge in [-0.15, -0.1) is 0 Å². The molecule has 4 bridgehead atoms. The molecule has 0 saturated heterocycles. The first-order valence-electron chi connectivity index (χ1n) is 9.31. The van der Waals surface area contributed by atoms with Crippen LogP contribution < -0.4 is 0 Å². The highest BCUT2D eigenvalue weighted by atomic mass is 16.1. The van der Waals surface area contributed by atoms with Gasteiger partial charge >= 0.3 is 0 Å². The number of hydrogen-bond acceptors (Lipinski definition) is 1. The second-order valence-corrected chi connectivity index (χ2v) is 8.34. The van der Waals surface area contributed by atoms with E-state index in [4.69, 9.17) is 0 Å². The molecule has 1 aromatic carbocycles. The summed E-state index contributed by atoms with van der Waals surface area (Å²) in [5.41, 5.74) is 4.39. The third-order valence-electron chi connectivity index (χ3n) is 6.68. The summed E-state index contributed by atoms with van der Waals surface area (Å²) in [6, 6.07) is 6.54. The third kappa shape index (κ3) is 2.33. The molecule has 1 heteroatoms. The number of carbonyl (C=O) groups is 1. The van der Waals surface area contributed by atoms with Gasteiger partial charge in [-0.3, -0.25) is 4.79 Å². The van der Waals surface area contributed by atoms with Crippen molar-refractivity contribution in [3.8, 4) is 0 Å². The van der Waals surface area contributed by atoms with Crippen LogP contribution in [0.2, 0.25) is 0 Å². The van der Waals surface area contributed by atoms with Crippen LogP contribution in [0.25, 0.3) is 0 Å². The summed E-state index contributed by atoms with van der Waals surface area (Å²) in [5, 5.41) is 0. The van der Waals surface area contributed by atoms with Crippen molar-refractivity contribution in [3.63, 3.8) is 0 Å². The first kappa shape index (κ1) is 14.5. The molecule has 1 aromatic rings. The molecular weight excluding hydrogens is 268 g/mol. The van der Waals surface area contributed by atoms with Crippen molar-refractivity contribution in [2.24, 2.45) is 17.8 Å². The number of hydrogen-bond donors (Lipinski definition) is 0. The maximum Gasteiger partial charge on any atom is 0.150 e. The minimum Gasteiger partial charge on any atom is -0.298 e. The molecule has 0 spiro atoms. The van der Waals surface area contributed by atoms with E-state index in [9.17, 15) is 4.79 Å². The van der Waals surface area contributed by atoms with Crippen LogP contribution in [0.15, 0.2) is 18.2 Å². The molecule has 0 unspecified atom stereocenters. The number of carbonyl (C=O) groups excluding carboxylic acids is 1. The van der Waals surface area contributed by atoms with E-state index in [1.54, 1.807) is 5.56 Å². The van der Waals surface area contributed by atoms with Crippen molar-refractivity contribution >= 4 is 6.29 Å².